The third-order valence-electron chi connectivity index (χ3n) is 7.44. The summed E-state index contributed by atoms with van der Waals surface area (Å²) >= 11 is 0. The van der Waals surface area contributed by atoms with Gasteiger partial charge < -0.3 is 30.3 Å². The van der Waals surface area contributed by atoms with Gasteiger partial charge in [0, 0.05) is 35.6 Å². The maximum absolute atomic E-state index is 13.3. The number of halogens is 3. The van der Waals surface area contributed by atoms with E-state index in [1.807, 2.05) is 0 Å². The molecule has 5 aromatic heterocycles. The molecule has 1 aliphatic carbocycles. The number of aromatic nitrogens is 7. The van der Waals surface area contributed by atoms with E-state index in [-0.39, 0.29) is 40.0 Å². The van der Waals surface area contributed by atoms with Crippen molar-refractivity contribution in [1.29, 1.82) is 0 Å². The summed E-state index contributed by atoms with van der Waals surface area (Å²) in [4.78, 5) is 22.1. The zero-order valence-corrected chi connectivity index (χ0v) is 23.1. The summed E-state index contributed by atoms with van der Waals surface area (Å²) in [5.41, 5.74) is -0.177. The second-order valence-corrected chi connectivity index (χ2v) is 11.4. The number of anilines is 2. The minimum atomic E-state index is -4.70. The average molecular weight is 603 g/mol. The SMILES string of the molecule is CC(C)(O)Cn1cc(-c2cnn(C(F)(F)F)c2)c2nc(Nc3cc4c(cn3)n(C(O)(O)O)c(=O)n4C3CCCC3)ccc21. The number of fused-ring (bicyclic) bond motifs is 2. The molecule has 0 unspecified atom stereocenters. The second kappa shape index (κ2) is 9.90. The third-order valence-corrected chi connectivity index (χ3v) is 7.44. The van der Waals surface area contributed by atoms with Crippen molar-refractivity contribution in [1.82, 2.24) is 33.4 Å². The number of rotatable bonds is 7. The van der Waals surface area contributed by atoms with Gasteiger partial charge in [-0.3, -0.25) is 4.57 Å². The van der Waals surface area contributed by atoms with Crippen LogP contribution in [-0.4, -0.2) is 59.5 Å². The number of hydrogen-bond acceptors (Lipinski definition) is 9. The van der Waals surface area contributed by atoms with E-state index < -0.39 is 23.7 Å². The van der Waals surface area contributed by atoms with Gasteiger partial charge >= 0.3 is 18.1 Å². The molecule has 0 aliphatic heterocycles. The molecule has 0 bridgehead atoms. The molecule has 228 valence electrons. The van der Waals surface area contributed by atoms with Gasteiger partial charge in [0.05, 0.1) is 46.6 Å². The standard InChI is InChI=1S/C27H29F3N8O5/c1-25(2,40)14-35-13-17(15-10-32-36(12-15)26(28,29)30)23-18(35)7-8-21(34-23)33-22-9-19-20(11-31-22)38(27(41,42)43)24(39)37(19)16-5-3-4-6-16/h7-13,16,40-43H,3-6,14H2,1-2H3,(H,31,33,34). The monoisotopic (exact) mass is 602 g/mol. The molecule has 0 saturated heterocycles. The predicted molar refractivity (Wildman–Crippen MR) is 148 cm³/mol. The van der Waals surface area contributed by atoms with Crippen LogP contribution < -0.4 is 11.0 Å². The Balaban J connectivity index is 1.44. The Morgan fingerprint density at radius 3 is 2.33 bits per heavy atom. The molecule has 5 N–H and O–H groups in total. The minimum absolute atomic E-state index is 0.00557. The Morgan fingerprint density at radius 1 is 0.977 bits per heavy atom. The zero-order valence-electron chi connectivity index (χ0n) is 23.1. The fourth-order valence-electron chi connectivity index (χ4n) is 5.72. The van der Waals surface area contributed by atoms with E-state index in [2.05, 4.69) is 20.4 Å². The van der Waals surface area contributed by atoms with Gasteiger partial charge in [0.1, 0.15) is 11.6 Å². The Bertz CT molecular complexity index is 1890. The van der Waals surface area contributed by atoms with Crippen molar-refractivity contribution in [3.05, 3.63) is 53.5 Å². The highest BCUT2D eigenvalue weighted by Gasteiger charge is 2.33. The van der Waals surface area contributed by atoms with Crippen LogP contribution in [0.2, 0.25) is 0 Å². The normalized spacial score (nSPS) is 15.3. The van der Waals surface area contributed by atoms with Gasteiger partial charge in [-0.25, -0.2) is 19.3 Å². The van der Waals surface area contributed by atoms with Gasteiger partial charge in [-0.05, 0) is 38.8 Å². The van der Waals surface area contributed by atoms with Gasteiger partial charge in [0.25, 0.3) is 0 Å². The van der Waals surface area contributed by atoms with E-state index in [0.29, 0.717) is 39.5 Å². The second-order valence-electron chi connectivity index (χ2n) is 11.4. The molecule has 0 aromatic carbocycles. The Labute approximate surface area is 241 Å². The molecule has 0 atom stereocenters. The number of nitrogens with one attached hydrogen (secondary N) is 1. The van der Waals surface area contributed by atoms with Crippen molar-refractivity contribution in [3.8, 4) is 11.1 Å². The molecule has 5 aromatic rings. The number of alkyl halides is 3. The largest absolute Gasteiger partial charge is 0.504 e. The summed E-state index contributed by atoms with van der Waals surface area (Å²) in [5.74, 6) is 0.518. The first kappa shape index (κ1) is 28.9. The Kier molecular flexibility index (Phi) is 6.64. The van der Waals surface area contributed by atoms with Crippen LogP contribution in [0.3, 0.4) is 0 Å². The van der Waals surface area contributed by atoms with Crippen LogP contribution in [0.1, 0.15) is 45.6 Å². The van der Waals surface area contributed by atoms with Crippen molar-refractivity contribution >= 4 is 33.7 Å². The maximum Gasteiger partial charge on any atom is 0.504 e. The van der Waals surface area contributed by atoms with Crippen molar-refractivity contribution in [2.75, 3.05) is 5.32 Å². The van der Waals surface area contributed by atoms with Gasteiger partial charge in [0.2, 0.25) is 0 Å². The van der Waals surface area contributed by atoms with E-state index in [1.165, 1.54) is 16.8 Å². The molecule has 16 heteroatoms. The van der Waals surface area contributed by atoms with E-state index >= 15 is 0 Å². The summed E-state index contributed by atoms with van der Waals surface area (Å²) in [7, 11) is 0. The van der Waals surface area contributed by atoms with Gasteiger partial charge in [-0.15, -0.1) is 13.2 Å². The topological polar surface area (TPSA) is 168 Å². The highest BCUT2D eigenvalue weighted by atomic mass is 19.4. The molecule has 1 aliphatic rings. The number of nitrogens with zero attached hydrogens (tertiary/aromatic N) is 7. The van der Waals surface area contributed by atoms with Crippen molar-refractivity contribution in [2.45, 2.75) is 70.1 Å². The molecule has 0 spiro atoms. The van der Waals surface area contributed by atoms with E-state index in [1.54, 1.807) is 36.7 Å². The lowest BCUT2D eigenvalue weighted by atomic mass is 10.1. The van der Waals surface area contributed by atoms with Crippen molar-refractivity contribution < 1.29 is 33.6 Å². The lowest BCUT2D eigenvalue weighted by Crippen LogP contribution is -2.41. The minimum Gasteiger partial charge on any atom is -0.389 e. The van der Waals surface area contributed by atoms with Gasteiger partial charge in [-0.2, -0.15) is 9.78 Å². The first-order valence-electron chi connectivity index (χ1n) is 13.5. The number of imidazole rings is 1. The van der Waals surface area contributed by atoms with Crippen LogP contribution in [0.15, 0.2) is 47.8 Å². The lowest BCUT2D eigenvalue weighted by Gasteiger charge is -2.18. The molecule has 1 fully saturated rings. The van der Waals surface area contributed by atoms with E-state index in [0.717, 1.165) is 25.2 Å². The molecule has 5 heterocycles. The third kappa shape index (κ3) is 5.37. The summed E-state index contributed by atoms with van der Waals surface area (Å²) in [6.07, 6.45) is -0.176. The molecular formula is C27H29F3N8O5. The number of aliphatic hydroxyl groups is 4. The summed E-state index contributed by atoms with van der Waals surface area (Å²) < 4.78 is 43.3. The number of hydrogen-bond donors (Lipinski definition) is 5. The van der Waals surface area contributed by atoms with E-state index in [9.17, 15) is 38.4 Å². The number of pyridine rings is 2. The summed E-state index contributed by atoms with van der Waals surface area (Å²) in [5, 5.41) is 46.6. The fourth-order valence-corrected chi connectivity index (χ4v) is 5.72. The highest BCUT2D eigenvalue weighted by molar-refractivity contribution is 5.94. The summed E-state index contributed by atoms with van der Waals surface area (Å²) in [6.45, 7) is 3.36. The van der Waals surface area contributed by atoms with Crippen LogP contribution in [0, 0.1) is 0 Å². The molecule has 0 radical (unpaired) electrons. The predicted octanol–water partition coefficient (Wildman–Crippen LogP) is 3.06. The molecule has 1 saturated carbocycles. The molecule has 0 amide bonds. The van der Waals surface area contributed by atoms with Crippen molar-refractivity contribution in [3.63, 3.8) is 0 Å². The van der Waals surface area contributed by atoms with Crippen LogP contribution in [0.4, 0.5) is 24.8 Å². The maximum atomic E-state index is 13.3. The first-order valence-corrected chi connectivity index (χ1v) is 13.5. The summed E-state index contributed by atoms with van der Waals surface area (Å²) in [6, 6.07) is 4.65. The van der Waals surface area contributed by atoms with Crippen LogP contribution in [0.25, 0.3) is 33.2 Å². The highest BCUT2D eigenvalue weighted by Crippen LogP contribution is 2.35. The van der Waals surface area contributed by atoms with Gasteiger partial charge in [0.15, 0.2) is 0 Å². The van der Waals surface area contributed by atoms with Crippen LogP contribution in [-0.2, 0) is 18.9 Å². The fraction of sp³-hybridized carbons (Fsp3) is 0.407. The van der Waals surface area contributed by atoms with Crippen LogP contribution >= 0.6 is 0 Å². The molecule has 6 rings (SSSR count). The van der Waals surface area contributed by atoms with E-state index in [4.69, 9.17) is 0 Å². The Hall–Kier alpha value is -4.25. The molecular weight excluding hydrogens is 573 g/mol. The lowest BCUT2D eigenvalue weighted by molar-refractivity contribution is -0.374. The van der Waals surface area contributed by atoms with Gasteiger partial charge in [-0.1, -0.05) is 12.8 Å². The smallest absolute Gasteiger partial charge is 0.389 e. The van der Waals surface area contributed by atoms with Crippen molar-refractivity contribution in [2.24, 2.45) is 0 Å². The Morgan fingerprint density at radius 2 is 1.70 bits per heavy atom. The zero-order chi connectivity index (χ0) is 30.9. The van der Waals surface area contributed by atoms with Crippen LogP contribution in [0.5, 0.6) is 0 Å². The first-order chi connectivity index (χ1) is 20.1. The molecule has 13 nitrogen and oxygen atoms in total. The average Bonchev–Trinajstić information content (AvgIpc) is 3.67. The molecule has 43 heavy (non-hydrogen) atoms. The quantitative estimate of drug-likeness (QED) is 0.176.